The summed E-state index contributed by atoms with van der Waals surface area (Å²) in [7, 11) is 1.34. The molecule has 30 heavy (non-hydrogen) atoms. The molecule has 4 rings (SSSR count). The number of nitrogens with one attached hydrogen (secondary N) is 1. The Hall–Kier alpha value is -3.13. The zero-order chi connectivity index (χ0) is 21.4. The molecule has 1 N–H and O–H groups in total. The summed E-state index contributed by atoms with van der Waals surface area (Å²) < 4.78 is 55.5. The van der Waals surface area contributed by atoms with Gasteiger partial charge in [0.15, 0.2) is 0 Å². The molecule has 0 saturated carbocycles. The number of piperidine rings is 1. The van der Waals surface area contributed by atoms with Crippen LogP contribution in [0.2, 0.25) is 0 Å². The molecular weight excluding hydrogens is 397 g/mol. The van der Waals surface area contributed by atoms with E-state index in [9.17, 15) is 9.18 Å². The highest BCUT2D eigenvalue weighted by atomic mass is 19.3. The number of Topliss-reactive ketones (excluding diaryl/α,β-unsaturated/α-hetero) is 1. The molecule has 1 aliphatic heterocycles. The topological polar surface area (TPSA) is 60.5 Å². The van der Waals surface area contributed by atoms with Crippen LogP contribution in [0, 0.1) is 5.82 Å². The fraction of sp³-hybridized carbons (Fsp3) is 0.273. The summed E-state index contributed by atoms with van der Waals surface area (Å²) in [5, 5.41) is 3.57. The average Bonchev–Trinajstić information content (AvgIpc) is 2.75. The van der Waals surface area contributed by atoms with Gasteiger partial charge < -0.3 is 14.8 Å². The summed E-state index contributed by atoms with van der Waals surface area (Å²) >= 11 is 0. The van der Waals surface area contributed by atoms with E-state index in [-0.39, 0.29) is 18.2 Å². The number of halogens is 3. The van der Waals surface area contributed by atoms with Crippen molar-refractivity contribution in [3.05, 3.63) is 66.0 Å². The first kappa shape index (κ1) is 20.2. The van der Waals surface area contributed by atoms with Crippen LogP contribution in [-0.4, -0.2) is 42.5 Å². The van der Waals surface area contributed by atoms with E-state index in [0.29, 0.717) is 5.52 Å². The summed E-state index contributed by atoms with van der Waals surface area (Å²) in [5.41, 5.74) is -2.66. The number of fused-ring (bicyclic) bond motifs is 1. The van der Waals surface area contributed by atoms with Crippen molar-refractivity contribution in [1.29, 1.82) is 0 Å². The normalized spacial score (nSPS) is 20.7. The van der Waals surface area contributed by atoms with Gasteiger partial charge in [0.05, 0.1) is 18.2 Å². The number of nitrogens with zero attached hydrogens (tertiary/aromatic N) is 1. The second kappa shape index (κ2) is 7.60. The maximum absolute atomic E-state index is 15.2. The predicted molar refractivity (Wildman–Crippen MR) is 105 cm³/mol. The summed E-state index contributed by atoms with van der Waals surface area (Å²) in [6, 6.07) is 13.6. The minimum Gasteiger partial charge on any atom is -0.497 e. The smallest absolute Gasteiger partial charge is 0.296 e. The molecule has 1 aliphatic rings. The summed E-state index contributed by atoms with van der Waals surface area (Å²) in [6.45, 7) is -0.499. The lowest BCUT2D eigenvalue weighted by molar-refractivity contribution is -0.155. The number of hydrogen-bond acceptors (Lipinski definition) is 5. The fourth-order valence-corrected chi connectivity index (χ4v) is 3.55. The minimum atomic E-state index is -3.56. The summed E-state index contributed by atoms with van der Waals surface area (Å²) in [6.07, 6.45) is -0.641. The predicted octanol–water partition coefficient (Wildman–Crippen LogP) is 4.01. The average molecular weight is 416 g/mol. The van der Waals surface area contributed by atoms with Gasteiger partial charge in [-0.3, -0.25) is 4.79 Å². The molecule has 3 aromatic rings. The maximum Gasteiger partial charge on any atom is 0.296 e. The van der Waals surface area contributed by atoms with Crippen molar-refractivity contribution in [1.82, 2.24) is 10.3 Å². The van der Waals surface area contributed by atoms with Gasteiger partial charge in [-0.25, -0.2) is 18.2 Å². The second-order valence-electron chi connectivity index (χ2n) is 7.08. The van der Waals surface area contributed by atoms with E-state index in [2.05, 4.69) is 10.3 Å². The van der Waals surface area contributed by atoms with Gasteiger partial charge in [0.1, 0.15) is 11.6 Å². The van der Waals surface area contributed by atoms with Crippen LogP contribution in [0.5, 0.6) is 11.6 Å². The van der Waals surface area contributed by atoms with Gasteiger partial charge in [-0.1, -0.05) is 18.2 Å². The molecule has 1 aromatic heterocycles. The van der Waals surface area contributed by atoms with Gasteiger partial charge >= 0.3 is 0 Å². The largest absolute Gasteiger partial charge is 0.497 e. The van der Waals surface area contributed by atoms with Crippen molar-refractivity contribution in [2.75, 3.05) is 20.2 Å². The van der Waals surface area contributed by atoms with Crippen molar-refractivity contribution < 1.29 is 27.4 Å². The van der Waals surface area contributed by atoms with E-state index >= 15 is 8.78 Å². The number of pyridine rings is 1. The third kappa shape index (κ3) is 3.37. The monoisotopic (exact) mass is 416 g/mol. The highest BCUT2D eigenvalue weighted by Crippen LogP contribution is 2.41. The van der Waals surface area contributed by atoms with E-state index in [1.54, 1.807) is 18.2 Å². The molecule has 8 heteroatoms. The van der Waals surface area contributed by atoms with Crippen LogP contribution in [0.4, 0.5) is 13.2 Å². The van der Waals surface area contributed by atoms with Crippen LogP contribution in [0.15, 0.2) is 54.6 Å². The van der Waals surface area contributed by atoms with Gasteiger partial charge in [0, 0.05) is 31.0 Å². The lowest BCUT2D eigenvalue weighted by atomic mass is 9.82. The highest BCUT2D eigenvalue weighted by Gasteiger charge is 2.63. The molecule has 2 heterocycles. The van der Waals surface area contributed by atoms with E-state index < -0.39 is 41.7 Å². The van der Waals surface area contributed by atoms with E-state index in [1.807, 2.05) is 12.1 Å². The van der Waals surface area contributed by atoms with Crippen LogP contribution in [-0.2, 0) is 0 Å². The number of rotatable bonds is 5. The summed E-state index contributed by atoms with van der Waals surface area (Å²) in [5.74, 6) is -5.64. The number of aromatic nitrogens is 1. The molecule has 5 nitrogen and oxygen atoms in total. The first-order valence-electron chi connectivity index (χ1n) is 9.38. The zero-order valence-corrected chi connectivity index (χ0v) is 16.1. The van der Waals surface area contributed by atoms with Gasteiger partial charge in [0.25, 0.3) is 5.92 Å². The van der Waals surface area contributed by atoms with Gasteiger partial charge in [-0.05, 0) is 30.3 Å². The quantitative estimate of drug-likeness (QED) is 0.637. The van der Waals surface area contributed by atoms with Crippen molar-refractivity contribution in [3.8, 4) is 11.6 Å². The lowest BCUT2D eigenvalue weighted by Crippen LogP contribution is -2.67. The molecule has 0 radical (unpaired) electrons. The number of methoxy groups -OCH3 is 1. The number of benzene rings is 2. The molecule has 0 spiro atoms. The Morgan fingerprint density at radius 2 is 1.93 bits per heavy atom. The fourth-order valence-electron chi connectivity index (χ4n) is 3.55. The van der Waals surface area contributed by atoms with E-state index in [0.717, 1.165) is 17.5 Å². The first-order valence-corrected chi connectivity index (χ1v) is 9.38. The van der Waals surface area contributed by atoms with Crippen molar-refractivity contribution in [2.45, 2.75) is 17.9 Å². The standard InChI is InChI=1S/C22H19F3N2O3/c1-29-15-7-8-17(23)16(12-15)20(28)21(13-26-11-10-22(21,24)25)30-19-9-6-14-4-2-3-5-18(14)27-19/h2-9,12,26H,10-11,13H2,1H3/t21-/m0/s1. The molecule has 0 amide bonds. The zero-order valence-electron chi connectivity index (χ0n) is 16.1. The number of hydrogen-bond donors (Lipinski definition) is 1. The molecule has 0 bridgehead atoms. The SMILES string of the molecule is COc1ccc(F)c(C(=O)[C@@]2(Oc3ccc4ccccc4n3)CNCCC2(F)F)c1. The Labute approximate surface area is 170 Å². The lowest BCUT2D eigenvalue weighted by Gasteiger charge is -2.42. The van der Waals surface area contributed by atoms with Crippen LogP contribution >= 0.6 is 0 Å². The molecule has 156 valence electrons. The number of carbonyl (C=O) groups excluding carboxylic acids is 1. The molecule has 1 saturated heterocycles. The Bertz CT molecular complexity index is 1110. The van der Waals surface area contributed by atoms with Crippen LogP contribution in [0.25, 0.3) is 10.9 Å². The van der Waals surface area contributed by atoms with Crippen LogP contribution in [0.3, 0.4) is 0 Å². The molecule has 0 unspecified atom stereocenters. The van der Waals surface area contributed by atoms with E-state index in [4.69, 9.17) is 9.47 Å². The maximum atomic E-state index is 15.2. The number of alkyl halides is 2. The first-order chi connectivity index (χ1) is 14.4. The van der Waals surface area contributed by atoms with Gasteiger partial charge in [-0.2, -0.15) is 0 Å². The number of carbonyl (C=O) groups is 1. The molecule has 0 aliphatic carbocycles. The van der Waals surface area contributed by atoms with Crippen LogP contribution < -0.4 is 14.8 Å². The van der Waals surface area contributed by atoms with Crippen molar-refractivity contribution >= 4 is 16.7 Å². The Balaban J connectivity index is 1.82. The van der Waals surface area contributed by atoms with Gasteiger partial charge in [0.2, 0.25) is 17.3 Å². The Kier molecular flexibility index (Phi) is 5.11. The minimum absolute atomic E-state index is 0.00285. The second-order valence-corrected chi connectivity index (χ2v) is 7.08. The van der Waals surface area contributed by atoms with Crippen molar-refractivity contribution in [3.63, 3.8) is 0 Å². The third-order valence-electron chi connectivity index (χ3n) is 5.22. The molecule has 1 fully saturated rings. The van der Waals surface area contributed by atoms with Crippen molar-refractivity contribution in [2.24, 2.45) is 0 Å². The molecule has 1 atom stereocenters. The van der Waals surface area contributed by atoms with E-state index in [1.165, 1.54) is 19.2 Å². The number of ketones is 1. The molecular formula is C22H19F3N2O3. The Morgan fingerprint density at radius 3 is 2.70 bits per heavy atom. The van der Waals surface area contributed by atoms with Gasteiger partial charge in [-0.15, -0.1) is 0 Å². The Morgan fingerprint density at radius 1 is 1.13 bits per heavy atom. The highest BCUT2D eigenvalue weighted by molar-refractivity contribution is 6.04. The molecule has 2 aromatic carbocycles. The number of ether oxygens (including phenoxy) is 2. The third-order valence-corrected chi connectivity index (χ3v) is 5.22. The van der Waals surface area contributed by atoms with Crippen LogP contribution in [0.1, 0.15) is 16.8 Å². The summed E-state index contributed by atoms with van der Waals surface area (Å²) in [4.78, 5) is 17.6. The number of para-hydroxylation sites is 1.